The summed E-state index contributed by atoms with van der Waals surface area (Å²) in [4.78, 5) is 28.9. The molecule has 0 N–H and O–H groups in total. The second-order valence-electron chi connectivity index (χ2n) is 6.32. The normalized spacial score (nSPS) is 11.1. The predicted molar refractivity (Wildman–Crippen MR) is 103 cm³/mol. The summed E-state index contributed by atoms with van der Waals surface area (Å²) in [6, 6.07) is 9.20. The quantitative estimate of drug-likeness (QED) is 0.481. The number of fused-ring (bicyclic) bond motifs is 1. The van der Waals surface area contributed by atoms with E-state index in [1.165, 1.54) is 20.3 Å². The van der Waals surface area contributed by atoms with Crippen LogP contribution in [-0.4, -0.2) is 29.1 Å². The van der Waals surface area contributed by atoms with Gasteiger partial charge >= 0.3 is 5.76 Å². The van der Waals surface area contributed by atoms with Crippen LogP contribution in [0.3, 0.4) is 0 Å². The Morgan fingerprint density at radius 3 is 2.69 bits per heavy atom. The monoisotopic (exact) mass is 411 g/mol. The van der Waals surface area contributed by atoms with Gasteiger partial charge in [0.1, 0.15) is 18.1 Å². The Hall–Kier alpha value is -3.71. The highest BCUT2D eigenvalue weighted by Crippen LogP contribution is 2.11. The minimum Gasteiger partial charge on any atom is -0.390 e. The van der Waals surface area contributed by atoms with Crippen molar-refractivity contribution in [2.45, 2.75) is 19.5 Å². The van der Waals surface area contributed by atoms with Crippen LogP contribution >= 0.6 is 11.6 Å². The molecule has 0 spiro atoms. The summed E-state index contributed by atoms with van der Waals surface area (Å²) in [6.07, 6.45) is 1.85. The maximum Gasteiger partial charge on any atom is 0.437 e. The zero-order valence-electron chi connectivity index (χ0n) is 15.2. The van der Waals surface area contributed by atoms with Crippen LogP contribution in [0.5, 0.6) is 0 Å². The summed E-state index contributed by atoms with van der Waals surface area (Å²) in [5.74, 6) is -0.527. The molecule has 11 heteroatoms. The Kier molecular flexibility index (Phi) is 4.74. The molecule has 10 nitrogen and oxygen atoms in total. The van der Waals surface area contributed by atoms with Crippen LogP contribution in [0.2, 0.25) is 5.02 Å². The fraction of sp³-hybridized carbons (Fsp3) is 0.222. The van der Waals surface area contributed by atoms with Gasteiger partial charge in [-0.25, -0.2) is 9.78 Å². The van der Waals surface area contributed by atoms with Gasteiger partial charge in [0, 0.05) is 12.1 Å². The number of rotatable bonds is 5. The Morgan fingerprint density at radius 1 is 1.21 bits per heavy atom. The Balaban J connectivity index is 1.57. The molecule has 0 aliphatic carbocycles. The van der Waals surface area contributed by atoms with E-state index in [1.54, 1.807) is 19.2 Å². The standard InChI is InChI=1S/C18H14ClN7O3/c1-24-16-15(13(8-20)22-24)21-10-25(17(16)27)9-14-23-26(18(28)29-14)7-6-11-2-4-12(19)5-3-11/h2-5,10H,6-7,9H2,1H3. The fourth-order valence-corrected chi connectivity index (χ4v) is 3.09. The predicted octanol–water partition coefficient (Wildman–Crippen LogP) is 1.10. The average molecular weight is 412 g/mol. The average Bonchev–Trinajstić information content (AvgIpc) is 3.23. The molecule has 3 heterocycles. The molecule has 0 saturated carbocycles. The van der Waals surface area contributed by atoms with Gasteiger partial charge in [0.2, 0.25) is 5.89 Å². The van der Waals surface area contributed by atoms with Crippen molar-refractivity contribution < 1.29 is 4.42 Å². The van der Waals surface area contributed by atoms with Crippen LogP contribution < -0.4 is 11.3 Å². The largest absolute Gasteiger partial charge is 0.437 e. The minimum absolute atomic E-state index is 0.0714. The van der Waals surface area contributed by atoms with Crippen LogP contribution in [0.4, 0.5) is 0 Å². The van der Waals surface area contributed by atoms with Crippen LogP contribution in [0, 0.1) is 11.3 Å². The lowest BCUT2D eigenvalue weighted by Crippen LogP contribution is -2.23. The van der Waals surface area contributed by atoms with Crippen LogP contribution in [0.15, 0.2) is 44.6 Å². The molecule has 0 fully saturated rings. The first kappa shape index (κ1) is 18.6. The summed E-state index contributed by atoms with van der Waals surface area (Å²) in [5, 5.41) is 17.8. The molecule has 0 saturated heterocycles. The molecule has 0 aliphatic rings. The minimum atomic E-state index is -0.608. The second-order valence-corrected chi connectivity index (χ2v) is 6.76. The number of nitrogens with zero attached hydrogens (tertiary/aromatic N) is 7. The zero-order valence-corrected chi connectivity index (χ0v) is 16.0. The fourth-order valence-electron chi connectivity index (χ4n) is 2.96. The number of hydrogen-bond acceptors (Lipinski definition) is 7. The summed E-state index contributed by atoms with van der Waals surface area (Å²) in [5.41, 5.74) is 1.08. The van der Waals surface area contributed by atoms with E-state index in [0.717, 1.165) is 5.56 Å². The van der Waals surface area contributed by atoms with Gasteiger partial charge < -0.3 is 4.42 Å². The molecular weight excluding hydrogens is 398 g/mol. The highest BCUT2D eigenvalue weighted by molar-refractivity contribution is 6.30. The van der Waals surface area contributed by atoms with Crippen molar-refractivity contribution in [3.8, 4) is 6.07 Å². The Bertz CT molecular complexity index is 1360. The first-order valence-electron chi connectivity index (χ1n) is 8.60. The molecule has 0 bridgehead atoms. The number of benzene rings is 1. The van der Waals surface area contributed by atoms with Crippen molar-refractivity contribution in [3.05, 3.63) is 73.7 Å². The highest BCUT2D eigenvalue weighted by Gasteiger charge is 2.16. The molecular formula is C18H14ClN7O3. The molecule has 29 heavy (non-hydrogen) atoms. The maximum atomic E-state index is 12.7. The summed E-state index contributed by atoms with van der Waals surface area (Å²) >= 11 is 5.87. The summed E-state index contributed by atoms with van der Waals surface area (Å²) in [7, 11) is 1.56. The van der Waals surface area contributed by atoms with Gasteiger partial charge in [0.05, 0.1) is 12.9 Å². The topological polar surface area (TPSA) is 125 Å². The van der Waals surface area contributed by atoms with E-state index in [0.29, 0.717) is 18.0 Å². The Morgan fingerprint density at radius 2 is 1.97 bits per heavy atom. The van der Waals surface area contributed by atoms with Gasteiger partial charge in [-0.1, -0.05) is 23.7 Å². The number of aryl methyl sites for hydroxylation is 3. The van der Waals surface area contributed by atoms with Gasteiger partial charge in [-0.05, 0) is 24.1 Å². The third-order valence-corrected chi connectivity index (χ3v) is 4.65. The zero-order chi connectivity index (χ0) is 20.5. The van der Waals surface area contributed by atoms with Crippen molar-refractivity contribution >= 4 is 22.6 Å². The lowest BCUT2D eigenvalue weighted by Gasteiger charge is -2.02. The van der Waals surface area contributed by atoms with Crippen molar-refractivity contribution in [3.63, 3.8) is 0 Å². The van der Waals surface area contributed by atoms with Gasteiger partial charge in [-0.3, -0.25) is 14.0 Å². The van der Waals surface area contributed by atoms with Crippen molar-refractivity contribution in [2.24, 2.45) is 7.05 Å². The van der Waals surface area contributed by atoms with E-state index < -0.39 is 11.3 Å². The lowest BCUT2D eigenvalue weighted by atomic mass is 10.1. The van der Waals surface area contributed by atoms with E-state index in [2.05, 4.69) is 15.2 Å². The molecule has 0 aliphatic heterocycles. The summed E-state index contributed by atoms with van der Waals surface area (Å²) in [6.45, 7) is 0.251. The van der Waals surface area contributed by atoms with Gasteiger partial charge in [-0.2, -0.15) is 15.0 Å². The number of halogens is 1. The van der Waals surface area contributed by atoms with Crippen LogP contribution in [-0.2, 0) is 26.6 Å². The molecule has 146 valence electrons. The van der Waals surface area contributed by atoms with Crippen LogP contribution in [0.1, 0.15) is 17.1 Å². The third kappa shape index (κ3) is 3.55. The third-order valence-electron chi connectivity index (χ3n) is 4.40. The molecule has 4 aromatic rings. The highest BCUT2D eigenvalue weighted by atomic mass is 35.5. The number of hydrogen-bond donors (Lipinski definition) is 0. The lowest BCUT2D eigenvalue weighted by molar-refractivity contribution is 0.434. The van der Waals surface area contributed by atoms with E-state index in [-0.39, 0.29) is 29.2 Å². The molecule has 0 unspecified atom stereocenters. The molecule has 0 radical (unpaired) electrons. The molecule has 3 aromatic heterocycles. The van der Waals surface area contributed by atoms with Gasteiger partial charge in [0.25, 0.3) is 5.56 Å². The van der Waals surface area contributed by atoms with E-state index in [9.17, 15) is 9.59 Å². The van der Waals surface area contributed by atoms with Crippen LogP contribution in [0.25, 0.3) is 11.0 Å². The number of aromatic nitrogens is 6. The molecule has 1 aromatic carbocycles. The maximum absolute atomic E-state index is 12.7. The van der Waals surface area contributed by atoms with Gasteiger partial charge in [-0.15, -0.1) is 5.10 Å². The molecule has 0 atom stereocenters. The molecule has 0 amide bonds. The van der Waals surface area contributed by atoms with E-state index >= 15 is 0 Å². The van der Waals surface area contributed by atoms with E-state index in [4.69, 9.17) is 21.3 Å². The second kappa shape index (κ2) is 7.37. The summed E-state index contributed by atoms with van der Waals surface area (Å²) < 4.78 is 8.93. The van der Waals surface area contributed by atoms with Crippen molar-refractivity contribution in [1.82, 2.24) is 29.1 Å². The van der Waals surface area contributed by atoms with Crippen molar-refractivity contribution in [2.75, 3.05) is 0 Å². The number of nitriles is 1. The smallest absolute Gasteiger partial charge is 0.390 e. The van der Waals surface area contributed by atoms with Crippen molar-refractivity contribution in [1.29, 1.82) is 5.26 Å². The van der Waals surface area contributed by atoms with Gasteiger partial charge in [0.15, 0.2) is 11.2 Å². The first-order chi connectivity index (χ1) is 14.0. The first-order valence-corrected chi connectivity index (χ1v) is 8.97. The Labute approximate surface area is 168 Å². The SMILES string of the molecule is Cn1nc(C#N)c2ncn(Cc3nn(CCc4ccc(Cl)cc4)c(=O)o3)c(=O)c21. The van der Waals surface area contributed by atoms with E-state index in [1.807, 2.05) is 18.2 Å². The molecule has 4 rings (SSSR count).